The van der Waals surface area contributed by atoms with E-state index in [9.17, 15) is 4.39 Å². The Hall–Kier alpha value is -0.160. The molecule has 1 rings (SSSR count). The highest BCUT2D eigenvalue weighted by molar-refractivity contribution is 14.1. The lowest BCUT2D eigenvalue weighted by molar-refractivity contribution is 0.590. The van der Waals surface area contributed by atoms with Crippen LogP contribution in [0.3, 0.4) is 0 Å². The van der Waals surface area contributed by atoms with Gasteiger partial charge in [-0.2, -0.15) is 0 Å². The number of benzene rings is 1. The van der Waals surface area contributed by atoms with Gasteiger partial charge in [-0.1, -0.05) is 13.0 Å². The normalized spacial score (nSPS) is 15.5. The molecule has 0 spiro atoms. The Morgan fingerprint density at radius 2 is 2.00 bits per heavy atom. The van der Waals surface area contributed by atoms with Gasteiger partial charge in [-0.05, 0) is 53.1 Å². The predicted octanol–water partition coefficient (Wildman–Crippen LogP) is 2.88. The first-order chi connectivity index (χ1) is 6.02. The average Bonchev–Trinajstić information content (AvgIpc) is 2.08. The van der Waals surface area contributed by atoms with Crippen molar-refractivity contribution >= 4 is 22.6 Å². The van der Waals surface area contributed by atoms with Gasteiger partial charge in [0.25, 0.3) is 0 Å². The van der Waals surface area contributed by atoms with Crippen molar-refractivity contribution in [3.63, 3.8) is 0 Å². The molecular weight excluding hydrogens is 280 g/mol. The van der Waals surface area contributed by atoms with Crippen LogP contribution < -0.4 is 5.73 Å². The summed E-state index contributed by atoms with van der Waals surface area (Å²) in [6, 6.07) is 5.33. The van der Waals surface area contributed by atoms with E-state index in [1.807, 2.05) is 42.5 Å². The van der Waals surface area contributed by atoms with Crippen molar-refractivity contribution in [1.29, 1.82) is 0 Å². The summed E-state index contributed by atoms with van der Waals surface area (Å²) in [6.07, 6.45) is 0. The third kappa shape index (κ3) is 2.64. The van der Waals surface area contributed by atoms with Crippen LogP contribution >= 0.6 is 22.6 Å². The second-order valence-electron chi connectivity index (χ2n) is 3.32. The fraction of sp³-hybridized carbons (Fsp3) is 0.400. The highest BCUT2D eigenvalue weighted by atomic mass is 127. The Bertz CT molecular complexity index is 299. The average molecular weight is 293 g/mol. The summed E-state index contributed by atoms with van der Waals surface area (Å²) in [6.45, 7) is 3.94. The Labute approximate surface area is 91.7 Å². The fourth-order valence-corrected chi connectivity index (χ4v) is 1.43. The molecule has 0 aromatic heterocycles. The van der Waals surface area contributed by atoms with Crippen LogP contribution in [-0.2, 0) is 0 Å². The Kier molecular flexibility index (Phi) is 3.67. The smallest absolute Gasteiger partial charge is 0.136 e. The Morgan fingerprint density at radius 3 is 2.46 bits per heavy atom. The molecule has 0 aliphatic heterocycles. The topological polar surface area (TPSA) is 26.0 Å². The van der Waals surface area contributed by atoms with Crippen molar-refractivity contribution in [2.24, 2.45) is 5.73 Å². The lowest BCUT2D eigenvalue weighted by Crippen LogP contribution is -2.22. The van der Waals surface area contributed by atoms with Gasteiger partial charge in [0.2, 0.25) is 0 Å². The Morgan fingerprint density at radius 1 is 1.38 bits per heavy atom. The van der Waals surface area contributed by atoms with E-state index in [2.05, 4.69) is 0 Å². The molecule has 1 nitrogen and oxygen atoms in total. The van der Waals surface area contributed by atoms with Gasteiger partial charge < -0.3 is 5.73 Å². The van der Waals surface area contributed by atoms with Crippen LogP contribution in [0.1, 0.15) is 25.3 Å². The van der Waals surface area contributed by atoms with Crippen LogP contribution in [0.2, 0.25) is 0 Å². The standard InChI is InChI=1S/C10H13FIN/c1-6(7(2)13)8-3-4-10(12)9(11)5-8/h3-7H,13H2,1-2H3. The maximum absolute atomic E-state index is 13.2. The molecule has 0 saturated carbocycles. The molecule has 0 heterocycles. The lowest BCUT2D eigenvalue weighted by Gasteiger charge is -2.15. The zero-order valence-electron chi connectivity index (χ0n) is 7.72. The predicted molar refractivity (Wildman–Crippen MR) is 61.2 cm³/mol. The molecule has 0 aliphatic rings. The van der Waals surface area contributed by atoms with Gasteiger partial charge in [0, 0.05) is 9.61 Å². The monoisotopic (exact) mass is 293 g/mol. The molecule has 2 unspecified atom stereocenters. The van der Waals surface area contributed by atoms with Crippen LogP contribution in [-0.4, -0.2) is 6.04 Å². The summed E-state index contributed by atoms with van der Waals surface area (Å²) < 4.78 is 13.8. The number of hydrogen-bond acceptors (Lipinski definition) is 1. The molecule has 0 aliphatic carbocycles. The van der Waals surface area contributed by atoms with Gasteiger partial charge in [0.15, 0.2) is 0 Å². The molecule has 72 valence electrons. The van der Waals surface area contributed by atoms with E-state index in [4.69, 9.17) is 5.73 Å². The highest BCUT2D eigenvalue weighted by Crippen LogP contribution is 2.21. The summed E-state index contributed by atoms with van der Waals surface area (Å²) in [5.41, 5.74) is 6.70. The van der Waals surface area contributed by atoms with E-state index in [-0.39, 0.29) is 17.8 Å². The van der Waals surface area contributed by atoms with Crippen LogP contribution in [0.25, 0.3) is 0 Å². The summed E-state index contributed by atoms with van der Waals surface area (Å²) in [4.78, 5) is 0. The van der Waals surface area contributed by atoms with Gasteiger partial charge >= 0.3 is 0 Å². The van der Waals surface area contributed by atoms with E-state index >= 15 is 0 Å². The van der Waals surface area contributed by atoms with Crippen molar-refractivity contribution in [3.05, 3.63) is 33.1 Å². The minimum absolute atomic E-state index is 0.0551. The largest absolute Gasteiger partial charge is 0.327 e. The van der Waals surface area contributed by atoms with Gasteiger partial charge in [-0.15, -0.1) is 0 Å². The third-order valence-corrected chi connectivity index (χ3v) is 3.13. The minimum atomic E-state index is -0.161. The first-order valence-electron chi connectivity index (χ1n) is 4.23. The van der Waals surface area contributed by atoms with E-state index in [1.54, 1.807) is 12.1 Å². The van der Waals surface area contributed by atoms with Gasteiger partial charge in [0.05, 0.1) is 0 Å². The van der Waals surface area contributed by atoms with Crippen molar-refractivity contribution in [3.8, 4) is 0 Å². The first kappa shape index (κ1) is 10.9. The van der Waals surface area contributed by atoms with E-state index in [1.165, 1.54) is 0 Å². The molecule has 0 bridgehead atoms. The maximum atomic E-state index is 13.2. The Balaban J connectivity index is 2.97. The SMILES string of the molecule is CC(N)C(C)c1ccc(I)c(F)c1. The molecule has 2 atom stereocenters. The van der Waals surface area contributed by atoms with Crippen molar-refractivity contribution < 1.29 is 4.39 Å². The summed E-state index contributed by atoms with van der Waals surface area (Å²) in [5.74, 6) is 0.0390. The van der Waals surface area contributed by atoms with Crippen molar-refractivity contribution in [1.82, 2.24) is 0 Å². The minimum Gasteiger partial charge on any atom is -0.327 e. The van der Waals surface area contributed by atoms with Crippen LogP contribution in [0.5, 0.6) is 0 Å². The van der Waals surface area contributed by atoms with E-state index < -0.39 is 0 Å². The molecule has 0 fully saturated rings. The quantitative estimate of drug-likeness (QED) is 0.834. The number of rotatable bonds is 2. The first-order valence-corrected chi connectivity index (χ1v) is 5.30. The van der Waals surface area contributed by atoms with E-state index in [0.717, 1.165) is 5.56 Å². The molecule has 13 heavy (non-hydrogen) atoms. The maximum Gasteiger partial charge on any atom is 0.136 e. The van der Waals surface area contributed by atoms with Gasteiger partial charge in [-0.25, -0.2) is 4.39 Å². The van der Waals surface area contributed by atoms with Gasteiger partial charge in [0.1, 0.15) is 5.82 Å². The molecule has 2 N–H and O–H groups in total. The van der Waals surface area contributed by atoms with Crippen molar-refractivity contribution in [2.75, 3.05) is 0 Å². The van der Waals surface area contributed by atoms with Gasteiger partial charge in [-0.3, -0.25) is 0 Å². The molecule has 0 saturated heterocycles. The zero-order valence-corrected chi connectivity index (χ0v) is 9.88. The number of hydrogen-bond donors (Lipinski definition) is 1. The molecule has 0 amide bonds. The van der Waals surface area contributed by atoms with Crippen LogP contribution in [0, 0.1) is 9.39 Å². The van der Waals surface area contributed by atoms with Crippen LogP contribution in [0.15, 0.2) is 18.2 Å². The zero-order chi connectivity index (χ0) is 10.0. The molecule has 1 aromatic carbocycles. The molecule has 3 heteroatoms. The highest BCUT2D eigenvalue weighted by Gasteiger charge is 2.11. The third-order valence-electron chi connectivity index (χ3n) is 2.26. The van der Waals surface area contributed by atoms with E-state index in [0.29, 0.717) is 3.57 Å². The van der Waals surface area contributed by atoms with Crippen LogP contribution in [0.4, 0.5) is 4.39 Å². The second kappa shape index (κ2) is 4.37. The lowest BCUT2D eigenvalue weighted by atomic mass is 9.95. The fourth-order valence-electron chi connectivity index (χ4n) is 1.10. The second-order valence-corrected chi connectivity index (χ2v) is 4.48. The number of nitrogens with two attached hydrogens (primary N) is 1. The summed E-state index contributed by atoms with van der Waals surface area (Å²) >= 11 is 1.98. The summed E-state index contributed by atoms with van der Waals surface area (Å²) in [5, 5.41) is 0. The summed E-state index contributed by atoms with van der Waals surface area (Å²) in [7, 11) is 0. The van der Waals surface area contributed by atoms with Crippen molar-refractivity contribution in [2.45, 2.75) is 25.8 Å². The number of halogens is 2. The molecule has 0 radical (unpaired) electrons. The molecular formula is C10H13FIN. The molecule has 1 aromatic rings.